The lowest BCUT2D eigenvalue weighted by atomic mass is 10.1. The van der Waals surface area contributed by atoms with E-state index in [0.717, 1.165) is 11.4 Å². The molecule has 0 saturated carbocycles. The Morgan fingerprint density at radius 1 is 1.12 bits per heavy atom. The Bertz CT molecular complexity index is 295. The average Bonchev–Trinajstić information content (AvgIpc) is 2.25. The normalized spacial score (nSPS) is 13.1. The molecule has 0 aromatic heterocycles. The van der Waals surface area contributed by atoms with Crippen LogP contribution >= 0.6 is 23.2 Å². The lowest BCUT2D eigenvalue weighted by Gasteiger charge is -2.10. The van der Waals surface area contributed by atoms with Crippen LogP contribution in [0.2, 0.25) is 24.2 Å². The van der Waals surface area contributed by atoms with E-state index in [1.165, 1.54) is 24.4 Å². The second kappa shape index (κ2) is 7.36. The van der Waals surface area contributed by atoms with E-state index in [1.54, 1.807) is 0 Å². The fourth-order valence-corrected chi connectivity index (χ4v) is 3.25. The molecular weight excluding hydrogens is 255 g/mol. The van der Waals surface area contributed by atoms with Crippen LogP contribution in [-0.4, -0.2) is 8.80 Å². The zero-order valence-electron chi connectivity index (χ0n) is 10.0. The van der Waals surface area contributed by atoms with Gasteiger partial charge in [-0.15, -0.1) is 11.6 Å². The largest absolute Gasteiger partial charge is 0.118 e. The molecule has 16 heavy (non-hydrogen) atoms. The molecule has 0 saturated heterocycles. The summed E-state index contributed by atoms with van der Waals surface area (Å²) < 4.78 is 0. The van der Waals surface area contributed by atoms with Gasteiger partial charge in [0.15, 0.2) is 0 Å². The van der Waals surface area contributed by atoms with Crippen LogP contribution < -0.4 is 0 Å². The van der Waals surface area contributed by atoms with Gasteiger partial charge in [-0.3, -0.25) is 0 Å². The van der Waals surface area contributed by atoms with E-state index in [-0.39, 0.29) is 14.2 Å². The molecular formula is C13H20Cl2Si. The molecule has 1 aromatic rings. The second-order valence-corrected chi connectivity index (χ2v) is 9.03. The predicted molar refractivity (Wildman–Crippen MR) is 77.6 cm³/mol. The van der Waals surface area contributed by atoms with Gasteiger partial charge in [0.2, 0.25) is 0 Å². The molecule has 0 heterocycles. The van der Waals surface area contributed by atoms with Crippen molar-refractivity contribution in [3.05, 3.63) is 34.9 Å². The fraction of sp³-hybridized carbons (Fsp3) is 0.538. The van der Waals surface area contributed by atoms with E-state index in [1.807, 2.05) is 24.3 Å². The van der Waals surface area contributed by atoms with Crippen LogP contribution in [0.1, 0.15) is 30.2 Å². The van der Waals surface area contributed by atoms with E-state index >= 15 is 0 Å². The lowest BCUT2D eigenvalue weighted by Crippen LogP contribution is -1.98. The van der Waals surface area contributed by atoms with Crippen LogP contribution in [0.25, 0.3) is 0 Å². The fourth-order valence-electron chi connectivity index (χ4n) is 1.71. The minimum Gasteiger partial charge on any atom is -0.118 e. The molecule has 1 unspecified atom stereocenters. The van der Waals surface area contributed by atoms with Crippen LogP contribution in [0.4, 0.5) is 0 Å². The summed E-state index contributed by atoms with van der Waals surface area (Å²) in [5.41, 5.74) is 1.19. The third kappa shape index (κ3) is 5.38. The number of halogens is 2. The topological polar surface area (TPSA) is 0 Å². The molecule has 1 aromatic carbocycles. The maximum Gasteiger partial charge on any atom is 0.0585 e. The van der Waals surface area contributed by atoms with Crippen molar-refractivity contribution in [1.82, 2.24) is 0 Å². The van der Waals surface area contributed by atoms with E-state index in [0.29, 0.717) is 0 Å². The molecule has 0 N–H and O–H groups in total. The third-order valence-corrected chi connectivity index (χ3v) is 5.01. The molecule has 1 atom stereocenters. The summed E-state index contributed by atoms with van der Waals surface area (Å²) in [5.74, 6) is 0. The molecule has 0 spiro atoms. The highest BCUT2D eigenvalue weighted by molar-refractivity contribution is 6.55. The Hall–Kier alpha value is 0.0169. The summed E-state index contributed by atoms with van der Waals surface area (Å²) in [7, 11) is -0.375. The van der Waals surface area contributed by atoms with Crippen LogP contribution in [0, 0.1) is 0 Å². The first-order chi connectivity index (χ1) is 7.59. The van der Waals surface area contributed by atoms with Crippen LogP contribution in [0.3, 0.4) is 0 Å². The number of hydrogen-bond acceptors (Lipinski definition) is 0. The van der Waals surface area contributed by atoms with Gasteiger partial charge in [-0.05, 0) is 24.1 Å². The van der Waals surface area contributed by atoms with Gasteiger partial charge in [0.05, 0.1) is 5.38 Å². The molecule has 0 nitrogen and oxygen atoms in total. The van der Waals surface area contributed by atoms with Gasteiger partial charge in [0.25, 0.3) is 0 Å². The van der Waals surface area contributed by atoms with Gasteiger partial charge < -0.3 is 0 Å². The zero-order valence-corrected chi connectivity index (χ0v) is 12.7. The van der Waals surface area contributed by atoms with Gasteiger partial charge in [-0.2, -0.15) is 0 Å². The molecule has 1 rings (SSSR count). The molecule has 0 aliphatic heterocycles. The van der Waals surface area contributed by atoms with Gasteiger partial charge in [-0.1, -0.05) is 55.7 Å². The van der Waals surface area contributed by atoms with E-state index in [4.69, 9.17) is 23.2 Å². The lowest BCUT2D eigenvalue weighted by molar-refractivity contribution is 0.698. The van der Waals surface area contributed by atoms with Crippen molar-refractivity contribution in [1.29, 1.82) is 0 Å². The number of unbranched alkanes of at least 4 members (excludes halogenated alkanes) is 1. The van der Waals surface area contributed by atoms with E-state index in [2.05, 4.69) is 13.1 Å². The molecule has 0 amide bonds. The SMILES string of the molecule is C[SiH](C)CCCCC(Cl)c1ccc(Cl)cc1. The van der Waals surface area contributed by atoms with Gasteiger partial charge in [0, 0.05) is 13.8 Å². The molecule has 0 aliphatic rings. The summed E-state index contributed by atoms with van der Waals surface area (Å²) in [6.45, 7) is 4.80. The van der Waals surface area contributed by atoms with Crippen molar-refractivity contribution in [2.24, 2.45) is 0 Å². The summed E-state index contributed by atoms with van der Waals surface area (Å²) in [6.07, 6.45) is 3.65. The molecule has 3 heteroatoms. The first kappa shape index (κ1) is 14.1. The van der Waals surface area contributed by atoms with Crippen molar-refractivity contribution >= 4 is 32.0 Å². The Morgan fingerprint density at radius 3 is 2.31 bits per heavy atom. The number of alkyl halides is 1. The van der Waals surface area contributed by atoms with Gasteiger partial charge in [-0.25, -0.2) is 0 Å². The highest BCUT2D eigenvalue weighted by Crippen LogP contribution is 2.27. The van der Waals surface area contributed by atoms with E-state index < -0.39 is 0 Å². The summed E-state index contributed by atoms with van der Waals surface area (Å²) in [5, 5.41) is 0.921. The number of rotatable bonds is 6. The van der Waals surface area contributed by atoms with Crippen molar-refractivity contribution in [2.75, 3.05) is 0 Å². The highest BCUT2D eigenvalue weighted by atomic mass is 35.5. The quantitative estimate of drug-likeness (QED) is 0.376. The maximum absolute atomic E-state index is 6.34. The monoisotopic (exact) mass is 274 g/mol. The summed E-state index contributed by atoms with van der Waals surface area (Å²) in [6, 6.07) is 9.30. The zero-order chi connectivity index (χ0) is 12.0. The Balaban J connectivity index is 2.29. The predicted octanol–water partition coefficient (Wildman–Crippen LogP) is 5.28. The van der Waals surface area contributed by atoms with Crippen molar-refractivity contribution in [2.45, 2.75) is 43.8 Å². The van der Waals surface area contributed by atoms with Crippen LogP contribution in [-0.2, 0) is 0 Å². The molecule has 0 bridgehead atoms. The summed E-state index contributed by atoms with van der Waals surface area (Å²) in [4.78, 5) is 0. The molecule has 0 fully saturated rings. The van der Waals surface area contributed by atoms with E-state index in [9.17, 15) is 0 Å². The second-order valence-electron chi connectivity index (χ2n) is 4.70. The van der Waals surface area contributed by atoms with Crippen molar-refractivity contribution in [3.8, 4) is 0 Å². The standard InChI is InChI=1S/C13H20Cl2Si/c1-16(2)10-4-3-5-13(15)11-6-8-12(14)9-7-11/h6-9,13,16H,3-5,10H2,1-2H3. The van der Waals surface area contributed by atoms with Crippen molar-refractivity contribution < 1.29 is 0 Å². The molecule has 0 aliphatic carbocycles. The Morgan fingerprint density at radius 2 is 1.75 bits per heavy atom. The first-order valence-electron chi connectivity index (χ1n) is 5.99. The maximum atomic E-state index is 6.34. The molecule has 0 radical (unpaired) electrons. The summed E-state index contributed by atoms with van der Waals surface area (Å²) >= 11 is 12.2. The first-order valence-corrected chi connectivity index (χ1v) is 9.93. The third-order valence-electron chi connectivity index (χ3n) is 2.72. The highest BCUT2D eigenvalue weighted by Gasteiger charge is 2.07. The number of benzene rings is 1. The Labute approximate surface area is 111 Å². The minimum absolute atomic E-state index is 0.145. The van der Waals surface area contributed by atoms with Crippen LogP contribution in [0.15, 0.2) is 24.3 Å². The average molecular weight is 275 g/mol. The minimum atomic E-state index is -0.375. The smallest absolute Gasteiger partial charge is 0.0585 e. The van der Waals surface area contributed by atoms with Gasteiger partial charge in [0.1, 0.15) is 0 Å². The van der Waals surface area contributed by atoms with Crippen LogP contribution in [0.5, 0.6) is 0 Å². The molecule has 90 valence electrons. The Kier molecular flexibility index (Phi) is 6.48. The van der Waals surface area contributed by atoms with Gasteiger partial charge >= 0.3 is 0 Å². The number of hydrogen-bond donors (Lipinski definition) is 0. The van der Waals surface area contributed by atoms with Crippen molar-refractivity contribution in [3.63, 3.8) is 0 Å².